The fourth-order valence-electron chi connectivity index (χ4n) is 2.62. The molecule has 4 heteroatoms. The molecule has 2 nitrogen and oxygen atoms in total. The SMILES string of the molecule is O=C1CCC(OCc2ccccc2)c2c(F)cc(Br)cc21. The summed E-state index contributed by atoms with van der Waals surface area (Å²) in [5.74, 6) is -0.407. The zero-order chi connectivity index (χ0) is 14.8. The smallest absolute Gasteiger partial charge is 0.163 e. The monoisotopic (exact) mass is 348 g/mol. The minimum Gasteiger partial charge on any atom is -0.369 e. The van der Waals surface area contributed by atoms with Gasteiger partial charge >= 0.3 is 0 Å². The van der Waals surface area contributed by atoms with Crippen molar-refractivity contribution in [1.29, 1.82) is 0 Å². The summed E-state index contributed by atoms with van der Waals surface area (Å²) in [4.78, 5) is 12.0. The highest BCUT2D eigenvalue weighted by Crippen LogP contribution is 2.36. The van der Waals surface area contributed by atoms with Crippen molar-refractivity contribution in [2.45, 2.75) is 25.6 Å². The van der Waals surface area contributed by atoms with E-state index in [0.29, 0.717) is 35.0 Å². The number of ether oxygens (including phenoxy) is 1. The molecule has 0 aliphatic heterocycles. The van der Waals surface area contributed by atoms with Gasteiger partial charge in [-0.2, -0.15) is 0 Å². The lowest BCUT2D eigenvalue weighted by Gasteiger charge is -2.25. The quantitative estimate of drug-likeness (QED) is 0.794. The molecule has 2 aromatic rings. The van der Waals surface area contributed by atoms with Crippen molar-refractivity contribution in [3.8, 4) is 0 Å². The Hall–Kier alpha value is -1.52. The molecule has 0 radical (unpaired) electrons. The first kappa shape index (κ1) is 14.4. The average molecular weight is 349 g/mol. The highest BCUT2D eigenvalue weighted by Gasteiger charge is 2.29. The minimum absolute atomic E-state index is 0.0234. The van der Waals surface area contributed by atoms with Crippen LogP contribution in [-0.4, -0.2) is 5.78 Å². The largest absolute Gasteiger partial charge is 0.369 e. The fourth-order valence-corrected chi connectivity index (χ4v) is 3.05. The summed E-state index contributed by atoms with van der Waals surface area (Å²) >= 11 is 3.23. The summed E-state index contributed by atoms with van der Waals surface area (Å²) in [6, 6.07) is 12.8. The molecule has 1 aliphatic carbocycles. The van der Waals surface area contributed by atoms with Crippen LogP contribution in [0.4, 0.5) is 4.39 Å². The number of halogens is 2. The molecule has 0 amide bonds. The van der Waals surface area contributed by atoms with E-state index in [1.807, 2.05) is 30.3 Å². The maximum atomic E-state index is 14.2. The highest BCUT2D eigenvalue weighted by atomic mass is 79.9. The molecule has 3 rings (SSSR count). The van der Waals surface area contributed by atoms with Crippen molar-refractivity contribution < 1.29 is 13.9 Å². The predicted molar refractivity (Wildman–Crippen MR) is 81.6 cm³/mol. The van der Waals surface area contributed by atoms with Crippen molar-refractivity contribution in [2.24, 2.45) is 0 Å². The number of rotatable bonds is 3. The number of ketones is 1. The molecular formula is C17H14BrFO2. The maximum Gasteiger partial charge on any atom is 0.163 e. The van der Waals surface area contributed by atoms with Crippen LogP contribution in [0.2, 0.25) is 0 Å². The van der Waals surface area contributed by atoms with Crippen molar-refractivity contribution in [3.05, 3.63) is 69.4 Å². The van der Waals surface area contributed by atoms with E-state index < -0.39 is 0 Å². The molecule has 21 heavy (non-hydrogen) atoms. The lowest BCUT2D eigenvalue weighted by molar-refractivity contribution is 0.0255. The molecule has 2 aromatic carbocycles. The minimum atomic E-state index is -0.384. The second-order valence-electron chi connectivity index (χ2n) is 5.10. The van der Waals surface area contributed by atoms with Gasteiger partial charge in [0.25, 0.3) is 0 Å². The van der Waals surface area contributed by atoms with Gasteiger partial charge in [-0.1, -0.05) is 46.3 Å². The zero-order valence-corrected chi connectivity index (χ0v) is 12.9. The van der Waals surface area contributed by atoms with Gasteiger partial charge in [-0.25, -0.2) is 4.39 Å². The van der Waals surface area contributed by atoms with E-state index >= 15 is 0 Å². The van der Waals surface area contributed by atoms with Crippen LogP contribution < -0.4 is 0 Å². The van der Waals surface area contributed by atoms with E-state index in [-0.39, 0.29) is 17.7 Å². The van der Waals surface area contributed by atoms with Crippen LogP contribution in [0.15, 0.2) is 46.9 Å². The van der Waals surface area contributed by atoms with Crippen molar-refractivity contribution in [1.82, 2.24) is 0 Å². The third-order valence-electron chi connectivity index (χ3n) is 3.64. The fraction of sp³-hybridized carbons (Fsp3) is 0.235. The third kappa shape index (κ3) is 3.06. The molecule has 0 aromatic heterocycles. The van der Waals surface area contributed by atoms with Crippen LogP contribution in [0.3, 0.4) is 0 Å². The molecule has 1 unspecified atom stereocenters. The van der Waals surface area contributed by atoms with E-state index in [9.17, 15) is 9.18 Å². The molecule has 0 fully saturated rings. The van der Waals surface area contributed by atoms with E-state index in [1.54, 1.807) is 6.07 Å². The Labute approximate surface area is 131 Å². The molecule has 0 saturated carbocycles. The zero-order valence-electron chi connectivity index (χ0n) is 11.3. The van der Waals surface area contributed by atoms with Gasteiger partial charge in [0.05, 0.1) is 12.7 Å². The average Bonchev–Trinajstić information content (AvgIpc) is 2.48. The van der Waals surface area contributed by atoms with Gasteiger partial charge in [0.1, 0.15) is 5.82 Å². The molecule has 0 N–H and O–H groups in total. The van der Waals surface area contributed by atoms with Crippen LogP contribution >= 0.6 is 15.9 Å². The Morgan fingerprint density at radius 1 is 1.24 bits per heavy atom. The first-order valence-corrected chi connectivity index (χ1v) is 7.62. The van der Waals surface area contributed by atoms with Gasteiger partial charge in [-0.15, -0.1) is 0 Å². The van der Waals surface area contributed by atoms with E-state index in [4.69, 9.17) is 4.74 Å². The lowest BCUT2D eigenvalue weighted by Crippen LogP contribution is -2.19. The second-order valence-corrected chi connectivity index (χ2v) is 6.01. The first-order valence-electron chi connectivity index (χ1n) is 6.83. The standard InChI is InChI=1S/C17H14BrFO2/c18-12-8-13-15(20)6-7-16(17(13)14(19)9-12)21-10-11-4-2-1-3-5-11/h1-5,8-9,16H,6-7,10H2. The summed E-state index contributed by atoms with van der Waals surface area (Å²) in [7, 11) is 0. The van der Waals surface area contributed by atoms with Crippen LogP contribution in [0.25, 0.3) is 0 Å². The molecule has 108 valence electrons. The number of hydrogen-bond acceptors (Lipinski definition) is 2. The first-order chi connectivity index (χ1) is 10.1. The van der Waals surface area contributed by atoms with Crippen molar-refractivity contribution in [3.63, 3.8) is 0 Å². The van der Waals surface area contributed by atoms with Crippen LogP contribution in [-0.2, 0) is 11.3 Å². The molecule has 0 saturated heterocycles. The second kappa shape index (κ2) is 6.08. The lowest BCUT2D eigenvalue weighted by atomic mass is 9.88. The molecule has 0 heterocycles. The summed E-state index contributed by atoms with van der Waals surface area (Å²) in [5.41, 5.74) is 1.87. The summed E-state index contributed by atoms with van der Waals surface area (Å²) in [5, 5.41) is 0. The maximum absolute atomic E-state index is 14.2. The number of carbonyl (C=O) groups excluding carboxylic acids is 1. The number of carbonyl (C=O) groups is 1. The summed E-state index contributed by atoms with van der Waals surface area (Å²) in [6.07, 6.45) is 0.547. The van der Waals surface area contributed by atoms with E-state index in [2.05, 4.69) is 15.9 Å². The molecule has 0 spiro atoms. The van der Waals surface area contributed by atoms with Gasteiger partial charge in [0.15, 0.2) is 5.78 Å². The summed E-state index contributed by atoms with van der Waals surface area (Å²) < 4.78 is 20.7. The van der Waals surface area contributed by atoms with Crippen LogP contribution in [0.1, 0.15) is 40.4 Å². The van der Waals surface area contributed by atoms with Crippen molar-refractivity contribution >= 4 is 21.7 Å². The van der Waals surface area contributed by atoms with E-state index in [0.717, 1.165) is 5.56 Å². The van der Waals surface area contributed by atoms with Gasteiger partial charge in [-0.05, 0) is 24.1 Å². The molecule has 1 aliphatic rings. The van der Waals surface area contributed by atoms with Crippen LogP contribution in [0, 0.1) is 5.82 Å². The number of fused-ring (bicyclic) bond motifs is 1. The highest BCUT2D eigenvalue weighted by molar-refractivity contribution is 9.10. The van der Waals surface area contributed by atoms with Gasteiger partial charge in [0.2, 0.25) is 0 Å². The topological polar surface area (TPSA) is 26.3 Å². The Morgan fingerprint density at radius 3 is 2.76 bits per heavy atom. The van der Waals surface area contributed by atoms with Gasteiger partial charge < -0.3 is 4.74 Å². The molecular weight excluding hydrogens is 335 g/mol. The van der Waals surface area contributed by atoms with E-state index in [1.165, 1.54) is 6.07 Å². The third-order valence-corrected chi connectivity index (χ3v) is 4.10. The Kier molecular flexibility index (Phi) is 4.17. The summed E-state index contributed by atoms with van der Waals surface area (Å²) in [6.45, 7) is 0.411. The number of hydrogen-bond donors (Lipinski definition) is 0. The Morgan fingerprint density at radius 2 is 2.00 bits per heavy atom. The van der Waals surface area contributed by atoms with Gasteiger partial charge in [-0.3, -0.25) is 4.79 Å². The Balaban J connectivity index is 1.86. The number of benzene rings is 2. The normalized spacial score (nSPS) is 17.6. The van der Waals surface area contributed by atoms with Gasteiger partial charge in [0, 0.05) is 22.0 Å². The van der Waals surface area contributed by atoms with Crippen LogP contribution in [0.5, 0.6) is 0 Å². The Bertz CT molecular complexity index is 670. The van der Waals surface area contributed by atoms with Crippen molar-refractivity contribution in [2.75, 3.05) is 0 Å². The predicted octanol–water partition coefficient (Wildman–Crippen LogP) is 4.82. The number of Topliss-reactive ketones (excluding diaryl/α,β-unsaturated/α-hetero) is 1. The molecule has 0 bridgehead atoms. The molecule has 1 atom stereocenters.